The largest absolute Gasteiger partial charge is 0.215 e. The van der Waals surface area contributed by atoms with Crippen LogP contribution >= 0.6 is 11.6 Å². The van der Waals surface area contributed by atoms with Gasteiger partial charge in [-0.1, -0.05) is 13.8 Å². The Bertz CT molecular complexity index is 239. The Kier molecular flexibility index (Phi) is 5.25. The predicted molar refractivity (Wildman–Crippen MR) is 56.6 cm³/mol. The molecule has 5 heteroatoms. The van der Waals surface area contributed by atoms with Crippen molar-refractivity contribution in [2.75, 3.05) is 18.7 Å². The van der Waals surface area contributed by atoms with Gasteiger partial charge in [0.15, 0.2) is 0 Å². The lowest BCUT2D eigenvalue weighted by atomic mass is 10.1. The zero-order chi connectivity index (χ0) is 10.6. The molecule has 0 spiro atoms. The monoisotopic (exact) mass is 227 g/mol. The van der Waals surface area contributed by atoms with Crippen LogP contribution in [0.4, 0.5) is 0 Å². The van der Waals surface area contributed by atoms with Gasteiger partial charge in [0.1, 0.15) is 0 Å². The summed E-state index contributed by atoms with van der Waals surface area (Å²) in [6.45, 7) is 5.89. The standard InChI is InChI=1S/C8H18ClNO2S/c1-7(2)8(3)10(4)13(11,12)6-5-9/h7-8H,5-6H2,1-4H3. The quantitative estimate of drug-likeness (QED) is 0.668. The van der Waals surface area contributed by atoms with Crippen LogP contribution < -0.4 is 0 Å². The van der Waals surface area contributed by atoms with Crippen molar-refractivity contribution in [2.45, 2.75) is 26.8 Å². The molecule has 0 aliphatic rings. The molecule has 0 bridgehead atoms. The van der Waals surface area contributed by atoms with Crippen molar-refractivity contribution in [2.24, 2.45) is 5.92 Å². The Balaban J connectivity index is 4.49. The average molecular weight is 228 g/mol. The summed E-state index contributed by atoms with van der Waals surface area (Å²) >= 11 is 5.41. The fourth-order valence-corrected chi connectivity index (χ4v) is 2.73. The van der Waals surface area contributed by atoms with E-state index in [-0.39, 0.29) is 17.7 Å². The van der Waals surface area contributed by atoms with Gasteiger partial charge >= 0.3 is 0 Å². The molecule has 0 rings (SSSR count). The molecule has 13 heavy (non-hydrogen) atoms. The Morgan fingerprint density at radius 2 is 1.77 bits per heavy atom. The Morgan fingerprint density at radius 3 is 2.08 bits per heavy atom. The molecule has 0 N–H and O–H groups in total. The SMILES string of the molecule is CC(C)C(C)N(C)S(=O)(=O)CCCl. The first-order valence-electron chi connectivity index (χ1n) is 4.34. The van der Waals surface area contributed by atoms with Gasteiger partial charge in [-0.15, -0.1) is 11.6 Å². The lowest BCUT2D eigenvalue weighted by Crippen LogP contribution is -2.39. The number of halogens is 1. The fourth-order valence-electron chi connectivity index (χ4n) is 0.915. The van der Waals surface area contributed by atoms with Crippen molar-refractivity contribution < 1.29 is 8.42 Å². The molecule has 0 saturated heterocycles. The molecule has 0 aliphatic carbocycles. The Morgan fingerprint density at radius 1 is 1.31 bits per heavy atom. The minimum atomic E-state index is -3.15. The summed E-state index contributed by atoms with van der Waals surface area (Å²) in [5.41, 5.74) is 0. The minimum absolute atomic E-state index is 0.0160. The van der Waals surface area contributed by atoms with Crippen LogP contribution in [0.15, 0.2) is 0 Å². The first kappa shape index (κ1) is 13.2. The van der Waals surface area contributed by atoms with Crippen LogP contribution in [0, 0.1) is 5.92 Å². The first-order valence-corrected chi connectivity index (χ1v) is 6.49. The summed E-state index contributed by atoms with van der Waals surface area (Å²) in [6, 6.07) is 0.0215. The molecule has 0 amide bonds. The highest BCUT2D eigenvalue weighted by Crippen LogP contribution is 2.12. The Hall–Kier alpha value is 0.200. The first-order chi connectivity index (χ1) is 5.83. The van der Waals surface area contributed by atoms with Gasteiger partial charge in [-0.25, -0.2) is 12.7 Å². The number of sulfonamides is 1. The van der Waals surface area contributed by atoms with Crippen molar-refractivity contribution in [1.29, 1.82) is 0 Å². The number of hydrogen-bond donors (Lipinski definition) is 0. The van der Waals surface area contributed by atoms with E-state index in [4.69, 9.17) is 11.6 Å². The number of rotatable bonds is 5. The van der Waals surface area contributed by atoms with E-state index in [1.807, 2.05) is 20.8 Å². The van der Waals surface area contributed by atoms with Crippen molar-refractivity contribution >= 4 is 21.6 Å². The van der Waals surface area contributed by atoms with E-state index in [1.54, 1.807) is 7.05 Å². The van der Waals surface area contributed by atoms with Gasteiger partial charge in [-0.05, 0) is 12.8 Å². The maximum absolute atomic E-state index is 11.5. The maximum Gasteiger partial charge on any atom is 0.215 e. The third-order valence-corrected chi connectivity index (χ3v) is 4.66. The zero-order valence-electron chi connectivity index (χ0n) is 8.62. The van der Waals surface area contributed by atoms with Crippen molar-refractivity contribution in [1.82, 2.24) is 4.31 Å². The molecule has 0 heterocycles. The molecule has 0 radical (unpaired) electrons. The minimum Gasteiger partial charge on any atom is -0.212 e. The summed E-state index contributed by atoms with van der Waals surface area (Å²) in [6.07, 6.45) is 0. The Labute approximate surface area is 86.1 Å². The van der Waals surface area contributed by atoms with E-state index in [9.17, 15) is 8.42 Å². The van der Waals surface area contributed by atoms with Crippen molar-refractivity contribution in [3.63, 3.8) is 0 Å². The third-order valence-electron chi connectivity index (χ3n) is 2.31. The second kappa shape index (κ2) is 5.17. The average Bonchev–Trinajstić information content (AvgIpc) is 2.01. The molecular weight excluding hydrogens is 210 g/mol. The normalized spacial score (nSPS) is 15.3. The highest BCUT2D eigenvalue weighted by atomic mass is 35.5. The van der Waals surface area contributed by atoms with Crippen LogP contribution in [0.3, 0.4) is 0 Å². The van der Waals surface area contributed by atoms with E-state index in [0.717, 1.165) is 0 Å². The second-order valence-corrected chi connectivity index (χ2v) is 6.03. The van der Waals surface area contributed by atoms with Gasteiger partial charge in [-0.2, -0.15) is 0 Å². The maximum atomic E-state index is 11.5. The van der Waals surface area contributed by atoms with E-state index < -0.39 is 10.0 Å². The molecule has 0 aliphatic heterocycles. The van der Waals surface area contributed by atoms with E-state index in [0.29, 0.717) is 5.92 Å². The number of hydrogen-bond acceptors (Lipinski definition) is 2. The van der Waals surface area contributed by atoms with Crippen LogP contribution in [0.25, 0.3) is 0 Å². The third kappa shape index (κ3) is 3.83. The van der Waals surface area contributed by atoms with Crippen molar-refractivity contribution in [3.05, 3.63) is 0 Å². The highest BCUT2D eigenvalue weighted by Gasteiger charge is 2.24. The molecule has 0 aromatic rings. The summed E-state index contributed by atoms with van der Waals surface area (Å²) < 4.78 is 24.4. The molecule has 0 saturated carbocycles. The summed E-state index contributed by atoms with van der Waals surface area (Å²) in [4.78, 5) is 0. The molecular formula is C8H18ClNO2S. The van der Waals surface area contributed by atoms with Crippen LogP contribution in [0.1, 0.15) is 20.8 Å². The van der Waals surface area contributed by atoms with Crippen LogP contribution in [0.2, 0.25) is 0 Å². The molecule has 0 aromatic carbocycles. The van der Waals surface area contributed by atoms with Gasteiger partial charge in [0, 0.05) is 19.0 Å². The molecule has 80 valence electrons. The van der Waals surface area contributed by atoms with Gasteiger partial charge in [0.25, 0.3) is 0 Å². The van der Waals surface area contributed by atoms with Gasteiger partial charge in [0.2, 0.25) is 10.0 Å². The lowest BCUT2D eigenvalue weighted by molar-refractivity contribution is 0.316. The molecule has 0 fully saturated rings. The van der Waals surface area contributed by atoms with Crippen LogP contribution in [-0.2, 0) is 10.0 Å². The summed E-state index contributed by atoms with van der Waals surface area (Å²) in [7, 11) is -1.55. The second-order valence-electron chi connectivity index (χ2n) is 3.51. The van der Waals surface area contributed by atoms with Gasteiger partial charge < -0.3 is 0 Å². The fraction of sp³-hybridized carbons (Fsp3) is 1.00. The van der Waals surface area contributed by atoms with Crippen LogP contribution in [-0.4, -0.2) is 37.4 Å². The van der Waals surface area contributed by atoms with E-state index >= 15 is 0 Å². The number of alkyl halides is 1. The lowest BCUT2D eigenvalue weighted by Gasteiger charge is -2.26. The van der Waals surface area contributed by atoms with Gasteiger partial charge in [0.05, 0.1) is 5.75 Å². The zero-order valence-corrected chi connectivity index (χ0v) is 10.2. The predicted octanol–water partition coefficient (Wildman–Crippen LogP) is 1.53. The van der Waals surface area contributed by atoms with E-state index in [1.165, 1.54) is 4.31 Å². The van der Waals surface area contributed by atoms with E-state index in [2.05, 4.69) is 0 Å². The molecule has 0 aromatic heterocycles. The van der Waals surface area contributed by atoms with Crippen LogP contribution in [0.5, 0.6) is 0 Å². The summed E-state index contributed by atoms with van der Waals surface area (Å²) in [5, 5.41) is 0. The summed E-state index contributed by atoms with van der Waals surface area (Å²) in [5.74, 6) is 0.481. The van der Waals surface area contributed by atoms with Crippen molar-refractivity contribution in [3.8, 4) is 0 Å². The highest BCUT2D eigenvalue weighted by molar-refractivity contribution is 7.89. The topological polar surface area (TPSA) is 37.4 Å². The molecule has 3 nitrogen and oxygen atoms in total. The molecule has 1 atom stereocenters. The number of nitrogens with zero attached hydrogens (tertiary/aromatic N) is 1. The molecule has 1 unspecified atom stereocenters. The van der Waals surface area contributed by atoms with Gasteiger partial charge in [-0.3, -0.25) is 0 Å². The smallest absolute Gasteiger partial charge is 0.212 e.